The summed E-state index contributed by atoms with van der Waals surface area (Å²) in [5.41, 5.74) is -0.232. The van der Waals surface area contributed by atoms with Crippen LogP contribution in [0.1, 0.15) is 10.4 Å². The third-order valence-electron chi connectivity index (χ3n) is 1.40. The highest BCUT2D eigenvalue weighted by atomic mass is 127. The summed E-state index contributed by atoms with van der Waals surface area (Å²) in [6, 6.07) is 1.71. The Morgan fingerprint density at radius 2 is 2.08 bits per heavy atom. The van der Waals surface area contributed by atoms with E-state index in [1.807, 2.05) is 0 Å². The zero-order chi connectivity index (χ0) is 10.0. The molecule has 0 amide bonds. The van der Waals surface area contributed by atoms with Crippen LogP contribution in [0.4, 0.5) is 8.78 Å². The van der Waals surface area contributed by atoms with E-state index in [1.54, 1.807) is 22.6 Å². The monoisotopic (exact) mass is 298 g/mol. The molecule has 0 spiro atoms. The van der Waals surface area contributed by atoms with Crippen LogP contribution < -0.4 is 0 Å². The van der Waals surface area contributed by atoms with Crippen LogP contribution in [-0.2, 0) is 4.74 Å². The molecule has 13 heavy (non-hydrogen) atoms. The van der Waals surface area contributed by atoms with Crippen LogP contribution in [0.5, 0.6) is 0 Å². The molecule has 5 heteroatoms. The van der Waals surface area contributed by atoms with Crippen LogP contribution in [0.25, 0.3) is 0 Å². The molecule has 0 radical (unpaired) electrons. The van der Waals surface area contributed by atoms with Gasteiger partial charge in [0.1, 0.15) is 17.2 Å². The molecule has 1 aromatic carbocycles. The van der Waals surface area contributed by atoms with Gasteiger partial charge in [-0.15, -0.1) is 0 Å². The largest absolute Gasteiger partial charge is 0.465 e. The third-order valence-corrected chi connectivity index (χ3v) is 2.25. The third kappa shape index (κ3) is 2.15. The average molecular weight is 298 g/mol. The molecule has 0 saturated carbocycles. The van der Waals surface area contributed by atoms with Crippen molar-refractivity contribution in [3.05, 3.63) is 32.9 Å². The van der Waals surface area contributed by atoms with Gasteiger partial charge in [-0.2, -0.15) is 0 Å². The van der Waals surface area contributed by atoms with Crippen molar-refractivity contribution in [2.24, 2.45) is 0 Å². The number of hydrogen-bond acceptors (Lipinski definition) is 2. The minimum Gasteiger partial charge on any atom is -0.465 e. The van der Waals surface area contributed by atoms with Crippen molar-refractivity contribution in [2.45, 2.75) is 0 Å². The van der Waals surface area contributed by atoms with E-state index in [0.717, 1.165) is 13.2 Å². The summed E-state index contributed by atoms with van der Waals surface area (Å²) in [6.07, 6.45) is 0. The molecule has 0 heterocycles. The summed E-state index contributed by atoms with van der Waals surface area (Å²) < 4.78 is 30.1. The summed E-state index contributed by atoms with van der Waals surface area (Å²) in [5.74, 6) is -2.42. The zero-order valence-electron chi connectivity index (χ0n) is 6.61. The minimum atomic E-state index is -0.906. The van der Waals surface area contributed by atoms with Crippen LogP contribution >= 0.6 is 22.6 Å². The fraction of sp³-hybridized carbons (Fsp3) is 0.125. The van der Waals surface area contributed by atoms with Crippen molar-refractivity contribution in [1.82, 2.24) is 0 Å². The second-order valence-corrected chi connectivity index (χ2v) is 3.40. The standard InChI is InChI=1S/C8H5F2IO2/c1-13-8(12)7-5(10)2-4(9)3-6(7)11/h2-3H,1H3. The van der Waals surface area contributed by atoms with E-state index < -0.39 is 17.6 Å². The molecule has 0 atom stereocenters. The number of hydrogen-bond donors (Lipinski definition) is 0. The summed E-state index contributed by atoms with van der Waals surface area (Å²) >= 11 is 1.67. The molecule has 0 aliphatic carbocycles. The molecular weight excluding hydrogens is 293 g/mol. The number of carbonyl (C=O) groups is 1. The Morgan fingerprint density at radius 3 is 2.54 bits per heavy atom. The fourth-order valence-corrected chi connectivity index (χ4v) is 1.61. The lowest BCUT2D eigenvalue weighted by Gasteiger charge is -2.03. The van der Waals surface area contributed by atoms with Gasteiger partial charge in [0, 0.05) is 9.64 Å². The van der Waals surface area contributed by atoms with E-state index >= 15 is 0 Å². The van der Waals surface area contributed by atoms with Crippen molar-refractivity contribution >= 4 is 28.6 Å². The van der Waals surface area contributed by atoms with E-state index in [4.69, 9.17) is 0 Å². The van der Waals surface area contributed by atoms with Gasteiger partial charge in [-0.05, 0) is 28.7 Å². The lowest BCUT2D eigenvalue weighted by Crippen LogP contribution is -2.07. The van der Waals surface area contributed by atoms with Gasteiger partial charge in [0.15, 0.2) is 0 Å². The van der Waals surface area contributed by atoms with Gasteiger partial charge >= 0.3 is 5.97 Å². The van der Waals surface area contributed by atoms with Crippen molar-refractivity contribution < 1.29 is 18.3 Å². The van der Waals surface area contributed by atoms with Crippen LogP contribution in [0.3, 0.4) is 0 Å². The van der Waals surface area contributed by atoms with Crippen molar-refractivity contribution in [3.8, 4) is 0 Å². The molecule has 0 unspecified atom stereocenters. The zero-order valence-corrected chi connectivity index (χ0v) is 8.76. The number of rotatable bonds is 1. The Bertz CT molecular complexity index is 329. The van der Waals surface area contributed by atoms with Crippen LogP contribution in [0, 0.1) is 15.2 Å². The highest BCUT2D eigenvalue weighted by molar-refractivity contribution is 14.1. The van der Waals surface area contributed by atoms with Crippen LogP contribution in [0.15, 0.2) is 12.1 Å². The first-order chi connectivity index (χ1) is 6.06. The molecule has 0 fully saturated rings. The van der Waals surface area contributed by atoms with Gasteiger partial charge < -0.3 is 4.74 Å². The minimum absolute atomic E-state index is 0.196. The predicted octanol–water partition coefficient (Wildman–Crippen LogP) is 2.36. The number of halogens is 3. The van der Waals surface area contributed by atoms with Crippen LogP contribution in [0.2, 0.25) is 0 Å². The second kappa shape index (κ2) is 3.99. The topological polar surface area (TPSA) is 26.3 Å². The molecule has 70 valence electrons. The summed E-state index contributed by atoms with van der Waals surface area (Å²) in [5, 5.41) is 0. The van der Waals surface area contributed by atoms with E-state index in [0.29, 0.717) is 6.07 Å². The van der Waals surface area contributed by atoms with Crippen molar-refractivity contribution in [3.63, 3.8) is 0 Å². The Labute approximate surface area is 87.0 Å². The second-order valence-electron chi connectivity index (χ2n) is 2.24. The first kappa shape index (κ1) is 10.4. The van der Waals surface area contributed by atoms with E-state index in [1.165, 1.54) is 0 Å². The Kier molecular flexibility index (Phi) is 3.18. The predicted molar refractivity (Wildman–Crippen MR) is 50.4 cm³/mol. The highest BCUT2D eigenvalue weighted by Gasteiger charge is 2.17. The van der Waals surface area contributed by atoms with E-state index in [-0.39, 0.29) is 9.13 Å². The molecular formula is C8H5F2IO2. The molecule has 0 aromatic heterocycles. The number of methoxy groups -OCH3 is 1. The van der Waals surface area contributed by atoms with Crippen molar-refractivity contribution in [2.75, 3.05) is 7.11 Å². The molecule has 0 N–H and O–H groups in total. The Balaban J connectivity index is 3.28. The lowest BCUT2D eigenvalue weighted by atomic mass is 10.2. The van der Waals surface area contributed by atoms with Gasteiger partial charge in [0.25, 0.3) is 0 Å². The number of esters is 1. The SMILES string of the molecule is COC(=O)c1c(F)cc(F)cc1I. The normalized spacial score (nSPS) is 9.85. The first-order valence-corrected chi connectivity index (χ1v) is 4.37. The van der Waals surface area contributed by atoms with Gasteiger partial charge in [0.05, 0.1) is 7.11 Å². The average Bonchev–Trinajstić information content (AvgIpc) is 2.02. The summed E-state index contributed by atoms with van der Waals surface area (Å²) in [6.45, 7) is 0. The quantitative estimate of drug-likeness (QED) is 0.587. The Hall–Kier alpha value is -0.720. The van der Waals surface area contributed by atoms with E-state index in [9.17, 15) is 13.6 Å². The van der Waals surface area contributed by atoms with Gasteiger partial charge in [-0.3, -0.25) is 0 Å². The maximum atomic E-state index is 13.0. The van der Waals surface area contributed by atoms with E-state index in [2.05, 4.69) is 4.74 Å². The molecule has 0 aliphatic heterocycles. The number of ether oxygens (including phenoxy) is 1. The fourth-order valence-electron chi connectivity index (χ4n) is 0.839. The van der Waals surface area contributed by atoms with Gasteiger partial charge in [0.2, 0.25) is 0 Å². The highest BCUT2D eigenvalue weighted by Crippen LogP contribution is 2.18. The maximum absolute atomic E-state index is 13.0. The summed E-state index contributed by atoms with van der Waals surface area (Å²) in [7, 11) is 1.14. The molecule has 1 aromatic rings. The Morgan fingerprint density at radius 1 is 1.46 bits per heavy atom. The smallest absolute Gasteiger partial charge is 0.341 e. The molecule has 2 nitrogen and oxygen atoms in total. The number of carbonyl (C=O) groups excluding carboxylic acids is 1. The molecule has 0 saturated heterocycles. The summed E-state index contributed by atoms with van der Waals surface area (Å²) in [4.78, 5) is 11.0. The van der Waals surface area contributed by atoms with Gasteiger partial charge in [-0.25, -0.2) is 13.6 Å². The lowest BCUT2D eigenvalue weighted by molar-refractivity contribution is 0.0594. The first-order valence-electron chi connectivity index (χ1n) is 3.29. The molecule has 0 bridgehead atoms. The van der Waals surface area contributed by atoms with Crippen LogP contribution in [-0.4, -0.2) is 13.1 Å². The maximum Gasteiger partial charge on any atom is 0.341 e. The molecule has 0 aliphatic rings. The molecule has 1 rings (SSSR count). The van der Waals surface area contributed by atoms with Crippen molar-refractivity contribution in [1.29, 1.82) is 0 Å². The van der Waals surface area contributed by atoms with Gasteiger partial charge in [-0.1, -0.05) is 0 Å². The number of benzene rings is 1.